The number of nitro groups is 1. The Labute approximate surface area is 112 Å². The van der Waals surface area contributed by atoms with Gasteiger partial charge in [-0.05, 0) is 25.0 Å². The molecule has 0 aromatic heterocycles. The SMILES string of the molecule is CCC(CC)Nc1cccc(S(C)(=O)=O)c1[N+](=O)[O-]. The van der Waals surface area contributed by atoms with Crippen LogP contribution in [0.5, 0.6) is 0 Å². The van der Waals surface area contributed by atoms with E-state index in [1.165, 1.54) is 18.2 Å². The molecule has 0 bridgehead atoms. The fourth-order valence-electron chi connectivity index (χ4n) is 1.84. The maximum atomic E-state index is 11.6. The van der Waals surface area contributed by atoms with Crippen LogP contribution in [0.15, 0.2) is 23.1 Å². The van der Waals surface area contributed by atoms with E-state index in [1.54, 1.807) is 0 Å². The van der Waals surface area contributed by atoms with Gasteiger partial charge in [-0.1, -0.05) is 19.9 Å². The second-order valence-electron chi connectivity index (χ2n) is 4.34. The van der Waals surface area contributed by atoms with Gasteiger partial charge in [0.15, 0.2) is 9.84 Å². The lowest BCUT2D eigenvalue weighted by Crippen LogP contribution is -2.18. The summed E-state index contributed by atoms with van der Waals surface area (Å²) in [5.41, 5.74) is -0.126. The molecule has 0 unspecified atom stereocenters. The number of hydrogen-bond donors (Lipinski definition) is 1. The molecule has 0 aliphatic heterocycles. The average molecular weight is 286 g/mol. The van der Waals surface area contributed by atoms with Crippen LogP contribution in [-0.4, -0.2) is 25.6 Å². The molecule has 0 saturated carbocycles. The normalized spacial score (nSPS) is 11.6. The minimum atomic E-state index is -3.63. The van der Waals surface area contributed by atoms with Crippen LogP contribution in [0.2, 0.25) is 0 Å². The molecule has 1 aromatic rings. The minimum Gasteiger partial charge on any atom is -0.377 e. The van der Waals surface area contributed by atoms with E-state index in [4.69, 9.17) is 0 Å². The Hall–Kier alpha value is -1.63. The van der Waals surface area contributed by atoms with Crippen LogP contribution in [-0.2, 0) is 9.84 Å². The van der Waals surface area contributed by atoms with E-state index in [2.05, 4.69) is 5.32 Å². The molecule has 0 aliphatic carbocycles. The van der Waals surface area contributed by atoms with E-state index >= 15 is 0 Å². The molecule has 0 amide bonds. The molecule has 0 radical (unpaired) electrons. The molecule has 0 heterocycles. The molecule has 0 aliphatic rings. The maximum Gasteiger partial charge on any atom is 0.310 e. The van der Waals surface area contributed by atoms with Crippen molar-refractivity contribution in [2.75, 3.05) is 11.6 Å². The van der Waals surface area contributed by atoms with Gasteiger partial charge in [-0.2, -0.15) is 0 Å². The van der Waals surface area contributed by atoms with E-state index in [-0.39, 0.29) is 22.3 Å². The average Bonchev–Trinajstić information content (AvgIpc) is 2.34. The number of rotatable bonds is 6. The van der Waals surface area contributed by atoms with Crippen molar-refractivity contribution in [3.8, 4) is 0 Å². The number of hydrogen-bond acceptors (Lipinski definition) is 5. The lowest BCUT2D eigenvalue weighted by Gasteiger charge is -2.16. The molecule has 0 saturated heterocycles. The van der Waals surface area contributed by atoms with Crippen LogP contribution in [0.3, 0.4) is 0 Å². The fourth-order valence-corrected chi connectivity index (χ4v) is 2.70. The zero-order valence-electron chi connectivity index (χ0n) is 11.2. The molecular weight excluding hydrogens is 268 g/mol. The highest BCUT2D eigenvalue weighted by atomic mass is 32.2. The van der Waals surface area contributed by atoms with Gasteiger partial charge in [0.25, 0.3) is 0 Å². The monoisotopic (exact) mass is 286 g/mol. The fraction of sp³-hybridized carbons (Fsp3) is 0.500. The van der Waals surface area contributed by atoms with Crippen LogP contribution in [0.1, 0.15) is 26.7 Å². The summed E-state index contributed by atoms with van der Waals surface area (Å²) in [5.74, 6) is 0. The number of nitrogens with zero attached hydrogens (tertiary/aromatic N) is 1. The van der Waals surface area contributed by atoms with E-state index < -0.39 is 14.8 Å². The Bertz CT molecular complexity index is 565. The summed E-state index contributed by atoms with van der Waals surface area (Å²) in [6, 6.07) is 4.37. The summed E-state index contributed by atoms with van der Waals surface area (Å²) < 4.78 is 23.2. The van der Waals surface area contributed by atoms with E-state index in [1.807, 2.05) is 13.8 Å². The molecule has 1 N–H and O–H groups in total. The number of para-hydroxylation sites is 1. The van der Waals surface area contributed by atoms with Crippen molar-refractivity contribution in [3.63, 3.8) is 0 Å². The number of sulfone groups is 1. The Kier molecular flexibility index (Phi) is 4.88. The Morgan fingerprint density at radius 1 is 1.32 bits per heavy atom. The van der Waals surface area contributed by atoms with Crippen molar-refractivity contribution < 1.29 is 13.3 Å². The van der Waals surface area contributed by atoms with Gasteiger partial charge in [0.1, 0.15) is 10.6 Å². The highest BCUT2D eigenvalue weighted by Crippen LogP contribution is 2.32. The van der Waals surface area contributed by atoms with Gasteiger partial charge in [0, 0.05) is 12.3 Å². The zero-order valence-corrected chi connectivity index (χ0v) is 12.0. The zero-order chi connectivity index (χ0) is 14.6. The molecule has 19 heavy (non-hydrogen) atoms. The first-order chi connectivity index (χ1) is 8.81. The third-order valence-corrected chi connectivity index (χ3v) is 4.05. The van der Waals surface area contributed by atoms with Crippen LogP contribution < -0.4 is 5.32 Å². The lowest BCUT2D eigenvalue weighted by molar-refractivity contribution is -0.386. The predicted octanol–water partition coefficient (Wildman–Crippen LogP) is 2.60. The highest BCUT2D eigenvalue weighted by molar-refractivity contribution is 7.90. The molecule has 0 spiro atoms. The summed E-state index contributed by atoms with van der Waals surface area (Å²) >= 11 is 0. The molecule has 0 fully saturated rings. The number of nitro benzene ring substituents is 1. The first-order valence-corrected chi connectivity index (χ1v) is 7.94. The summed E-state index contributed by atoms with van der Waals surface area (Å²) in [7, 11) is -3.63. The van der Waals surface area contributed by atoms with Gasteiger partial charge in [0.2, 0.25) is 0 Å². The molecular formula is C12H18N2O4S. The predicted molar refractivity (Wildman–Crippen MR) is 74.2 cm³/mol. The summed E-state index contributed by atoms with van der Waals surface area (Å²) in [5, 5.41) is 14.2. The Balaban J connectivity index is 3.37. The Morgan fingerprint density at radius 2 is 1.89 bits per heavy atom. The molecule has 6 nitrogen and oxygen atoms in total. The van der Waals surface area contributed by atoms with Crippen molar-refractivity contribution >= 4 is 21.2 Å². The van der Waals surface area contributed by atoms with Crippen molar-refractivity contribution in [2.45, 2.75) is 37.6 Å². The van der Waals surface area contributed by atoms with Gasteiger partial charge >= 0.3 is 5.69 Å². The molecule has 106 valence electrons. The molecule has 1 rings (SSSR count). The van der Waals surface area contributed by atoms with Crippen LogP contribution >= 0.6 is 0 Å². The second kappa shape index (κ2) is 6.01. The lowest BCUT2D eigenvalue weighted by atomic mass is 10.1. The van der Waals surface area contributed by atoms with E-state index in [0.29, 0.717) is 0 Å². The third-order valence-electron chi connectivity index (χ3n) is 2.93. The first kappa shape index (κ1) is 15.4. The van der Waals surface area contributed by atoms with Crippen molar-refractivity contribution in [1.29, 1.82) is 0 Å². The molecule has 1 aromatic carbocycles. The topological polar surface area (TPSA) is 89.3 Å². The first-order valence-electron chi connectivity index (χ1n) is 6.05. The number of anilines is 1. The largest absolute Gasteiger partial charge is 0.377 e. The quantitative estimate of drug-likeness (QED) is 0.641. The Morgan fingerprint density at radius 3 is 2.32 bits per heavy atom. The third kappa shape index (κ3) is 3.66. The standard InChI is InChI=1S/C12H18N2O4S/c1-4-9(5-2)13-10-7-6-8-11(19(3,17)18)12(10)14(15)16/h6-9,13H,4-5H2,1-3H3. The number of benzene rings is 1. The second-order valence-corrected chi connectivity index (χ2v) is 6.32. The maximum absolute atomic E-state index is 11.6. The van der Waals surface area contributed by atoms with Crippen molar-refractivity contribution in [1.82, 2.24) is 0 Å². The summed E-state index contributed by atoms with van der Waals surface area (Å²) in [6.07, 6.45) is 2.57. The van der Waals surface area contributed by atoms with Crippen molar-refractivity contribution in [2.24, 2.45) is 0 Å². The summed E-state index contributed by atoms with van der Waals surface area (Å²) in [6.45, 7) is 3.93. The van der Waals surface area contributed by atoms with Crippen LogP contribution in [0.4, 0.5) is 11.4 Å². The van der Waals surface area contributed by atoms with Gasteiger partial charge in [-0.15, -0.1) is 0 Å². The molecule has 7 heteroatoms. The van der Waals surface area contributed by atoms with Crippen molar-refractivity contribution in [3.05, 3.63) is 28.3 Å². The van der Waals surface area contributed by atoms with Crippen LogP contribution in [0, 0.1) is 10.1 Å². The van der Waals surface area contributed by atoms with E-state index in [9.17, 15) is 18.5 Å². The molecule has 0 atom stereocenters. The smallest absolute Gasteiger partial charge is 0.310 e. The highest BCUT2D eigenvalue weighted by Gasteiger charge is 2.26. The van der Waals surface area contributed by atoms with Gasteiger partial charge in [-0.3, -0.25) is 10.1 Å². The number of nitrogens with one attached hydrogen (secondary N) is 1. The van der Waals surface area contributed by atoms with E-state index in [0.717, 1.165) is 19.1 Å². The van der Waals surface area contributed by atoms with Gasteiger partial charge in [0.05, 0.1) is 4.92 Å². The van der Waals surface area contributed by atoms with Crippen LogP contribution in [0.25, 0.3) is 0 Å². The summed E-state index contributed by atoms with van der Waals surface area (Å²) in [4.78, 5) is 10.2. The minimum absolute atomic E-state index is 0.0773. The van der Waals surface area contributed by atoms with Gasteiger partial charge in [-0.25, -0.2) is 8.42 Å². The van der Waals surface area contributed by atoms with Gasteiger partial charge < -0.3 is 5.32 Å².